The Hall–Kier alpha value is -1.95. The quantitative estimate of drug-likeness (QED) is 0.634. The third kappa shape index (κ3) is 3.04. The van der Waals surface area contributed by atoms with Gasteiger partial charge < -0.3 is 10.0 Å². The molecule has 0 spiro atoms. The molecule has 0 aliphatic carbocycles. The maximum Gasteiger partial charge on any atom is 0.282 e. The molecule has 0 bridgehead atoms. The van der Waals surface area contributed by atoms with Crippen molar-refractivity contribution in [2.75, 3.05) is 13.2 Å². The van der Waals surface area contributed by atoms with Crippen molar-refractivity contribution in [3.8, 4) is 0 Å². The van der Waals surface area contributed by atoms with E-state index in [1.54, 1.807) is 19.9 Å². The lowest BCUT2D eigenvalue weighted by atomic mass is 10.1. The van der Waals surface area contributed by atoms with E-state index in [2.05, 4.69) is 0 Å². The number of nitrogens with zero attached hydrogens (tertiary/aromatic N) is 2. The molecule has 0 atom stereocenters. The Kier molecular flexibility index (Phi) is 4.79. The maximum atomic E-state index is 12.2. The number of hydrogen-bond donors (Lipinski definition) is 1. The minimum absolute atomic E-state index is 0.0460. The smallest absolute Gasteiger partial charge is 0.282 e. The molecule has 98 valence electrons. The zero-order valence-corrected chi connectivity index (χ0v) is 10.4. The minimum atomic E-state index is -0.579. The number of para-hydroxylation sites is 1. The van der Waals surface area contributed by atoms with Crippen molar-refractivity contribution in [1.29, 1.82) is 0 Å². The number of amides is 1. The van der Waals surface area contributed by atoms with Gasteiger partial charge in [-0.05, 0) is 19.9 Å². The SMILES string of the molecule is CC(C)N(CCO)C(=O)c1ccccc1[N+](=O)[O-]. The highest BCUT2D eigenvalue weighted by Gasteiger charge is 2.25. The summed E-state index contributed by atoms with van der Waals surface area (Å²) in [5.41, 5.74) is -0.171. The third-order valence-electron chi connectivity index (χ3n) is 2.56. The number of rotatable bonds is 5. The number of nitro benzene ring substituents is 1. The predicted octanol–water partition coefficient (Wildman–Crippen LogP) is 1.44. The van der Waals surface area contributed by atoms with Gasteiger partial charge in [-0.1, -0.05) is 12.1 Å². The van der Waals surface area contributed by atoms with E-state index in [1.165, 1.54) is 23.1 Å². The van der Waals surface area contributed by atoms with Crippen molar-refractivity contribution in [1.82, 2.24) is 4.90 Å². The van der Waals surface area contributed by atoms with Crippen molar-refractivity contribution >= 4 is 11.6 Å². The zero-order chi connectivity index (χ0) is 13.7. The third-order valence-corrected chi connectivity index (χ3v) is 2.56. The summed E-state index contributed by atoms with van der Waals surface area (Å²) in [6.07, 6.45) is 0. The molecule has 0 aliphatic heterocycles. The van der Waals surface area contributed by atoms with Gasteiger partial charge in [-0.15, -0.1) is 0 Å². The van der Waals surface area contributed by atoms with E-state index in [0.717, 1.165) is 0 Å². The Labute approximate surface area is 105 Å². The molecular weight excluding hydrogens is 236 g/mol. The van der Waals surface area contributed by atoms with Gasteiger partial charge in [0.05, 0.1) is 11.5 Å². The van der Waals surface area contributed by atoms with Gasteiger partial charge in [0.1, 0.15) is 5.56 Å². The zero-order valence-electron chi connectivity index (χ0n) is 10.4. The largest absolute Gasteiger partial charge is 0.395 e. The summed E-state index contributed by atoms with van der Waals surface area (Å²) in [6.45, 7) is 3.57. The lowest BCUT2D eigenvalue weighted by Gasteiger charge is -2.25. The van der Waals surface area contributed by atoms with Gasteiger partial charge in [0, 0.05) is 18.7 Å². The van der Waals surface area contributed by atoms with Crippen LogP contribution in [0.5, 0.6) is 0 Å². The number of aliphatic hydroxyl groups is 1. The molecule has 1 N–H and O–H groups in total. The van der Waals surface area contributed by atoms with Crippen LogP contribution in [0, 0.1) is 10.1 Å². The Morgan fingerprint density at radius 1 is 1.44 bits per heavy atom. The Balaban J connectivity index is 3.12. The normalized spacial score (nSPS) is 10.4. The van der Waals surface area contributed by atoms with Gasteiger partial charge in [0.25, 0.3) is 11.6 Å². The first-order valence-electron chi connectivity index (χ1n) is 5.64. The first-order chi connectivity index (χ1) is 8.49. The van der Waals surface area contributed by atoms with Gasteiger partial charge in [-0.3, -0.25) is 14.9 Å². The lowest BCUT2D eigenvalue weighted by molar-refractivity contribution is -0.385. The van der Waals surface area contributed by atoms with Gasteiger partial charge >= 0.3 is 0 Å². The molecule has 0 saturated carbocycles. The molecule has 0 aromatic heterocycles. The second-order valence-electron chi connectivity index (χ2n) is 4.09. The Morgan fingerprint density at radius 3 is 2.56 bits per heavy atom. The van der Waals surface area contributed by atoms with Crippen LogP contribution in [-0.4, -0.2) is 40.0 Å². The van der Waals surface area contributed by atoms with Crippen molar-refractivity contribution in [2.24, 2.45) is 0 Å². The molecule has 1 amide bonds. The van der Waals surface area contributed by atoms with Crippen LogP contribution in [0.1, 0.15) is 24.2 Å². The van der Waals surface area contributed by atoms with Crippen LogP contribution in [0.25, 0.3) is 0 Å². The molecule has 0 aliphatic rings. The van der Waals surface area contributed by atoms with E-state index in [-0.39, 0.29) is 30.4 Å². The van der Waals surface area contributed by atoms with Gasteiger partial charge in [0.2, 0.25) is 0 Å². The van der Waals surface area contributed by atoms with E-state index < -0.39 is 10.8 Å². The number of carbonyl (C=O) groups excluding carboxylic acids is 1. The van der Waals surface area contributed by atoms with Crippen molar-refractivity contribution in [2.45, 2.75) is 19.9 Å². The molecule has 1 aromatic carbocycles. The molecule has 0 unspecified atom stereocenters. The summed E-state index contributed by atoms with van der Waals surface area (Å²) >= 11 is 0. The standard InChI is InChI=1S/C12H16N2O4/c1-9(2)13(7-8-15)12(16)10-5-3-4-6-11(10)14(17)18/h3-6,9,15H,7-8H2,1-2H3. The van der Waals surface area contributed by atoms with Crippen LogP contribution < -0.4 is 0 Å². The summed E-state index contributed by atoms with van der Waals surface area (Å²) in [7, 11) is 0. The first kappa shape index (κ1) is 14.1. The average molecular weight is 252 g/mol. The van der Waals surface area contributed by atoms with Gasteiger partial charge in [-0.2, -0.15) is 0 Å². The van der Waals surface area contributed by atoms with Crippen LogP contribution in [0.2, 0.25) is 0 Å². The topological polar surface area (TPSA) is 83.7 Å². The summed E-state index contributed by atoms with van der Waals surface area (Å²) in [5.74, 6) is -0.439. The molecule has 1 rings (SSSR count). The monoisotopic (exact) mass is 252 g/mol. The first-order valence-corrected chi connectivity index (χ1v) is 5.64. The van der Waals surface area contributed by atoms with Crippen LogP contribution in [0.15, 0.2) is 24.3 Å². The highest BCUT2D eigenvalue weighted by atomic mass is 16.6. The van der Waals surface area contributed by atoms with Gasteiger partial charge in [0.15, 0.2) is 0 Å². The fourth-order valence-corrected chi connectivity index (χ4v) is 1.67. The number of hydrogen-bond acceptors (Lipinski definition) is 4. The molecule has 6 nitrogen and oxygen atoms in total. The maximum absolute atomic E-state index is 12.2. The van der Waals surface area contributed by atoms with Crippen LogP contribution in [0.4, 0.5) is 5.69 Å². The molecule has 0 heterocycles. The fourth-order valence-electron chi connectivity index (χ4n) is 1.67. The number of nitro groups is 1. The highest BCUT2D eigenvalue weighted by Crippen LogP contribution is 2.20. The Bertz CT molecular complexity index is 445. The molecule has 1 aromatic rings. The number of carbonyl (C=O) groups is 1. The van der Waals surface area contributed by atoms with Crippen LogP contribution in [-0.2, 0) is 0 Å². The molecule has 0 fully saturated rings. The van der Waals surface area contributed by atoms with Gasteiger partial charge in [-0.25, -0.2) is 0 Å². The number of benzene rings is 1. The van der Waals surface area contributed by atoms with E-state index in [9.17, 15) is 14.9 Å². The van der Waals surface area contributed by atoms with E-state index >= 15 is 0 Å². The summed E-state index contributed by atoms with van der Waals surface area (Å²) in [4.78, 5) is 23.9. The summed E-state index contributed by atoms with van der Waals surface area (Å²) < 4.78 is 0. The molecular formula is C12H16N2O4. The second kappa shape index (κ2) is 6.11. The van der Waals surface area contributed by atoms with Crippen molar-refractivity contribution in [3.05, 3.63) is 39.9 Å². The van der Waals surface area contributed by atoms with Crippen LogP contribution in [0.3, 0.4) is 0 Å². The fraction of sp³-hybridized carbons (Fsp3) is 0.417. The predicted molar refractivity (Wildman–Crippen MR) is 66.4 cm³/mol. The van der Waals surface area contributed by atoms with E-state index in [1.807, 2.05) is 0 Å². The van der Waals surface area contributed by atoms with E-state index in [4.69, 9.17) is 5.11 Å². The molecule has 6 heteroatoms. The highest BCUT2D eigenvalue weighted by molar-refractivity contribution is 5.98. The van der Waals surface area contributed by atoms with E-state index in [0.29, 0.717) is 0 Å². The summed E-state index contributed by atoms with van der Waals surface area (Å²) in [6, 6.07) is 5.68. The lowest BCUT2D eigenvalue weighted by Crippen LogP contribution is -2.39. The Morgan fingerprint density at radius 2 is 2.06 bits per heavy atom. The summed E-state index contributed by atoms with van der Waals surface area (Å²) in [5, 5.41) is 19.8. The average Bonchev–Trinajstić information content (AvgIpc) is 2.34. The number of aliphatic hydroxyl groups excluding tert-OH is 1. The molecule has 0 radical (unpaired) electrons. The minimum Gasteiger partial charge on any atom is -0.395 e. The van der Waals surface area contributed by atoms with Crippen molar-refractivity contribution in [3.63, 3.8) is 0 Å². The second-order valence-corrected chi connectivity index (χ2v) is 4.09. The molecule has 0 saturated heterocycles. The van der Waals surface area contributed by atoms with Crippen LogP contribution >= 0.6 is 0 Å². The molecule has 18 heavy (non-hydrogen) atoms. The van der Waals surface area contributed by atoms with Crippen molar-refractivity contribution < 1.29 is 14.8 Å².